The minimum Gasteiger partial charge on any atom is -0.398 e. The number of hydrogen-bond acceptors (Lipinski definition) is 3. The molecule has 0 spiro atoms. The predicted molar refractivity (Wildman–Crippen MR) is 55.0 cm³/mol. The third-order valence-electron chi connectivity index (χ3n) is 2.10. The van der Waals surface area contributed by atoms with E-state index in [9.17, 15) is 5.11 Å². The molecule has 0 saturated heterocycles. The smallest absolute Gasteiger partial charge is 0.115 e. The topological polar surface area (TPSA) is 63.5 Å². The van der Waals surface area contributed by atoms with Crippen LogP contribution in [0.25, 0.3) is 5.52 Å². The van der Waals surface area contributed by atoms with Crippen LogP contribution in [-0.2, 0) is 6.42 Å². The Balaban J connectivity index is 2.50. The van der Waals surface area contributed by atoms with Gasteiger partial charge in [0, 0.05) is 18.3 Å². The molecule has 0 aliphatic rings. The van der Waals surface area contributed by atoms with E-state index >= 15 is 0 Å². The first-order valence-electron chi connectivity index (χ1n) is 4.56. The maximum atomic E-state index is 9.27. The third-order valence-corrected chi connectivity index (χ3v) is 2.10. The quantitative estimate of drug-likeness (QED) is 0.739. The summed E-state index contributed by atoms with van der Waals surface area (Å²) in [5.74, 6) is 0.835. The molecule has 0 fully saturated rings. The number of nitrogen functional groups attached to an aromatic ring is 1. The molecule has 3 N–H and O–H groups in total. The number of pyridine rings is 1. The van der Waals surface area contributed by atoms with Gasteiger partial charge in [-0.15, -0.1) is 0 Å². The van der Waals surface area contributed by atoms with Crippen LogP contribution in [0.1, 0.15) is 12.7 Å². The van der Waals surface area contributed by atoms with Crippen molar-refractivity contribution in [1.82, 2.24) is 9.38 Å². The molecule has 74 valence electrons. The van der Waals surface area contributed by atoms with Gasteiger partial charge in [-0.1, -0.05) is 0 Å². The molecular weight excluding hydrogens is 178 g/mol. The number of aliphatic hydroxyl groups excluding tert-OH is 1. The van der Waals surface area contributed by atoms with E-state index in [-0.39, 0.29) is 6.10 Å². The zero-order chi connectivity index (χ0) is 10.1. The largest absolute Gasteiger partial charge is 0.398 e. The fourth-order valence-electron chi connectivity index (χ4n) is 1.48. The summed E-state index contributed by atoms with van der Waals surface area (Å²) in [5, 5.41) is 9.27. The van der Waals surface area contributed by atoms with E-state index in [1.54, 1.807) is 13.1 Å². The van der Waals surface area contributed by atoms with Crippen molar-refractivity contribution in [3.8, 4) is 0 Å². The van der Waals surface area contributed by atoms with Crippen LogP contribution in [0.5, 0.6) is 0 Å². The molecule has 2 rings (SSSR count). The van der Waals surface area contributed by atoms with Crippen LogP contribution in [0.2, 0.25) is 0 Å². The van der Waals surface area contributed by atoms with E-state index in [0.29, 0.717) is 12.1 Å². The van der Waals surface area contributed by atoms with Crippen LogP contribution in [0.15, 0.2) is 24.5 Å². The summed E-state index contributed by atoms with van der Waals surface area (Å²) in [6.07, 6.45) is 3.75. The van der Waals surface area contributed by atoms with Crippen molar-refractivity contribution in [2.45, 2.75) is 19.4 Å². The first kappa shape index (κ1) is 9.02. The van der Waals surface area contributed by atoms with E-state index in [0.717, 1.165) is 11.3 Å². The monoisotopic (exact) mass is 191 g/mol. The molecule has 14 heavy (non-hydrogen) atoms. The summed E-state index contributed by atoms with van der Waals surface area (Å²) in [6, 6.07) is 3.75. The second-order valence-corrected chi connectivity index (χ2v) is 3.48. The summed E-state index contributed by atoms with van der Waals surface area (Å²) < 4.78 is 1.90. The van der Waals surface area contributed by atoms with Crippen molar-refractivity contribution >= 4 is 11.2 Å². The summed E-state index contributed by atoms with van der Waals surface area (Å²) in [6.45, 7) is 1.74. The van der Waals surface area contributed by atoms with Gasteiger partial charge in [-0.3, -0.25) is 0 Å². The molecule has 2 aromatic rings. The maximum Gasteiger partial charge on any atom is 0.115 e. The van der Waals surface area contributed by atoms with Crippen molar-refractivity contribution < 1.29 is 5.11 Å². The number of anilines is 1. The van der Waals surface area contributed by atoms with E-state index in [2.05, 4.69) is 4.98 Å². The highest BCUT2D eigenvalue weighted by molar-refractivity contribution is 5.52. The van der Waals surface area contributed by atoms with Gasteiger partial charge >= 0.3 is 0 Å². The summed E-state index contributed by atoms with van der Waals surface area (Å²) in [5.41, 5.74) is 7.36. The van der Waals surface area contributed by atoms with Gasteiger partial charge < -0.3 is 15.2 Å². The second kappa shape index (κ2) is 3.31. The lowest BCUT2D eigenvalue weighted by Crippen LogP contribution is -2.08. The minimum absolute atomic E-state index is 0.387. The number of rotatable bonds is 2. The second-order valence-electron chi connectivity index (χ2n) is 3.48. The lowest BCUT2D eigenvalue weighted by Gasteiger charge is -2.04. The molecule has 2 heterocycles. The van der Waals surface area contributed by atoms with Gasteiger partial charge in [-0.25, -0.2) is 4.98 Å². The van der Waals surface area contributed by atoms with Crippen molar-refractivity contribution in [2.75, 3.05) is 5.73 Å². The van der Waals surface area contributed by atoms with Gasteiger partial charge in [0.1, 0.15) is 5.82 Å². The van der Waals surface area contributed by atoms with Crippen LogP contribution in [0.4, 0.5) is 5.69 Å². The molecule has 1 atom stereocenters. The number of aromatic nitrogens is 2. The van der Waals surface area contributed by atoms with Crippen molar-refractivity contribution in [1.29, 1.82) is 0 Å². The normalized spacial score (nSPS) is 13.3. The molecule has 0 aliphatic carbocycles. The Morgan fingerprint density at radius 1 is 1.57 bits per heavy atom. The molecule has 0 bridgehead atoms. The fraction of sp³-hybridized carbons (Fsp3) is 0.300. The highest BCUT2D eigenvalue weighted by Gasteiger charge is 2.06. The maximum absolute atomic E-state index is 9.27. The molecule has 2 aromatic heterocycles. The van der Waals surface area contributed by atoms with Gasteiger partial charge in [0.15, 0.2) is 0 Å². The van der Waals surface area contributed by atoms with Crippen LogP contribution < -0.4 is 5.73 Å². The number of aliphatic hydroxyl groups is 1. The van der Waals surface area contributed by atoms with E-state index in [1.807, 2.05) is 22.7 Å². The Kier molecular flexibility index (Phi) is 2.13. The van der Waals surface area contributed by atoms with E-state index < -0.39 is 0 Å². The average Bonchev–Trinajstić information content (AvgIpc) is 2.47. The number of hydrogen-bond donors (Lipinski definition) is 2. The average molecular weight is 191 g/mol. The highest BCUT2D eigenvalue weighted by atomic mass is 16.3. The molecule has 0 aliphatic heterocycles. The molecule has 0 amide bonds. The predicted octanol–water partition coefficient (Wildman–Crippen LogP) is 0.840. The van der Waals surface area contributed by atoms with Crippen molar-refractivity contribution in [2.24, 2.45) is 0 Å². The molecular formula is C10H13N3O. The third kappa shape index (κ3) is 1.56. The molecule has 4 heteroatoms. The number of imidazole rings is 1. The van der Waals surface area contributed by atoms with Crippen LogP contribution in [0, 0.1) is 0 Å². The standard InChI is InChI=1S/C10H13N3O/c1-7(14)4-10-12-5-9-3-2-8(11)6-13(9)10/h2-3,5-7,14H,4,11H2,1H3. The van der Waals surface area contributed by atoms with Crippen molar-refractivity contribution in [3.05, 3.63) is 30.4 Å². The van der Waals surface area contributed by atoms with Crippen LogP contribution in [-0.4, -0.2) is 20.6 Å². The Hall–Kier alpha value is -1.55. The molecule has 0 aromatic carbocycles. The van der Waals surface area contributed by atoms with Gasteiger partial charge in [0.2, 0.25) is 0 Å². The van der Waals surface area contributed by atoms with E-state index in [1.165, 1.54) is 0 Å². The summed E-state index contributed by atoms with van der Waals surface area (Å²) in [4.78, 5) is 4.22. The number of fused-ring (bicyclic) bond motifs is 1. The Morgan fingerprint density at radius 2 is 2.36 bits per heavy atom. The fourth-order valence-corrected chi connectivity index (χ4v) is 1.48. The molecule has 4 nitrogen and oxygen atoms in total. The number of nitrogens with zero attached hydrogens (tertiary/aromatic N) is 2. The molecule has 1 unspecified atom stereocenters. The SMILES string of the molecule is CC(O)Cc1ncc2ccc(N)cn12. The Bertz CT molecular complexity index is 448. The van der Waals surface area contributed by atoms with Gasteiger partial charge in [-0.05, 0) is 19.1 Å². The lowest BCUT2D eigenvalue weighted by molar-refractivity contribution is 0.192. The first-order chi connectivity index (χ1) is 6.66. The zero-order valence-electron chi connectivity index (χ0n) is 8.01. The Morgan fingerprint density at radius 3 is 3.07 bits per heavy atom. The minimum atomic E-state index is -0.387. The number of nitrogens with two attached hydrogens (primary N) is 1. The van der Waals surface area contributed by atoms with Gasteiger partial charge in [-0.2, -0.15) is 0 Å². The summed E-state index contributed by atoms with van der Waals surface area (Å²) in [7, 11) is 0. The molecule has 0 saturated carbocycles. The van der Waals surface area contributed by atoms with Crippen LogP contribution in [0.3, 0.4) is 0 Å². The lowest BCUT2D eigenvalue weighted by atomic mass is 10.3. The molecule has 0 radical (unpaired) electrons. The van der Waals surface area contributed by atoms with E-state index in [4.69, 9.17) is 5.73 Å². The highest BCUT2D eigenvalue weighted by Crippen LogP contribution is 2.11. The Labute approximate surface area is 82.0 Å². The van der Waals surface area contributed by atoms with Gasteiger partial charge in [0.25, 0.3) is 0 Å². The zero-order valence-corrected chi connectivity index (χ0v) is 8.01. The first-order valence-corrected chi connectivity index (χ1v) is 4.56. The van der Waals surface area contributed by atoms with Crippen molar-refractivity contribution in [3.63, 3.8) is 0 Å². The van der Waals surface area contributed by atoms with Crippen LogP contribution >= 0.6 is 0 Å². The summed E-state index contributed by atoms with van der Waals surface area (Å²) >= 11 is 0. The van der Waals surface area contributed by atoms with Gasteiger partial charge in [0.05, 0.1) is 17.8 Å².